The Hall–Kier alpha value is -3.41. The van der Waals surface area contributed by atoms with Crippen molar-refractivity contribution >= 4 is 27.7 Å². The topological polar surface area (TPSA) is 96.1 Å². The average molecular weight is 487 g/mol. The first-order valence-electron chi connectivity index (χ1n) is 8.12. The molecule has 0 aliphatic rings. The number of carbonyl (C=O) groups excluding carboxylic acids is 2. The van der Waals surface area contributed by atoms with Gasteiger partial charge in [-0.25, -0.2) is 8.78 Å². The number of amides is 2. The number of rotatable bonds is 5. The molecule has 0 aliphatic carbocycles. The third-order valence-electron chi connectivity index (χ3n) is 3.78. The second kappa shape index (κ2) is 8.95. The molecule has 156 valence electrons. The predicted octanol–water partition coefficient (Wildman–Crippen LogP) is 3.38. The van der Waals surface area contributed by atoms with Crippen molar-refractivity contribution < 1.29 is 31.9 Å². The highest BCUT2D eigenvalue weighted by molar-refractivity contribution is 9.10. The fraction of sp³-hybridized carbons (Fsp3) is 0.0556. The lowest BCUT2D eigenvalue weighted by molar-refractivity contribution is 0.0843. The van der Waals surface area contributed by atoms with Crippen molar-refractivity contribution in [3.05, 3.63) is 81.1 Å². The van der Waals surface area contributed by atoms with E-state index in [9.17, 15) is 27.2 Å². The summed E-state index contributed by atoms with van der Waals surface area (Å²) in [5.41, 5.74) is 5.01. The van der Waals surface area contributed by atoms with Crippen LogP contribution in [0.5, 0.6) is 5.75 Å². The Balaban J connectivity index is 1.59. The molecular formula is C18H11BrF4N4O3. The molecule has 2 aromatic carbocycles. The SMILES string of the molecule is O=C(NNC(=O)c1[nH]ncc1Br)c1ccc(COc2c(F)c(F)cc(F)c2F)cc1. The maximum atomic E-state index is 13.6. The number of carbonyl (C=O) groups is 2. The Bertz CT molecular complexity index is 1080. The maximum absolute atomic E-state index is 13.6. The normalized spacial score (nSPS) is 10.6. The minimum atomic E-state index is -1.65. The summed E-state index contributed by atoms with van der Waals surface area (Å²) in [6.07, 6.45) is 1.37. The minimum absolute atomic E-state index is 0.0781. The van der Waals surface area contributed by atoms with Crippen molar-refractivity contribution in [2.45, 2.75) is 6.61 Å². The van der Waals surface area contributed by atoms with Crippen molar-refractivity contribution in [1.29, 1.82) is 0 Å². The van der Waals surface area contributed by atoms with Crippen molar-refractivity contribution in [3.63, 3.8) is 0 Å². The van der Waals surface area contributed by atoms with Crippen molar-refractivity contribution in [3.8, 4) is 5.75 Å². The van der Waals surface area contributed by atoms with Gasteiger partial charge in [0.2, 0.25) is 11.6 Å². The van der Waals surface area contributed by atoms with E-state index in [0.29, 0.717) is 10.0 Å². The number of aromatic nitrogens is 2. The number of ether oxygens (including phenoxy) is 1. The summed E-state index contributed by atoms with van der Waals surface area (Å²) in [4.78, 5) is 24.0. The summed E-state index contributed by atoms with van der Waals surface area (Å²) < 4.78 is 58.8. The van der Waals surface area contributed by atoms with Crippen molar-refractivity contribution in [2.24, 2.45) is 0 Å². The smallest absolute Gasteiger partial charge is 0.288 e. The van der Waals surface area contributed by atoms with Gasteiger partial charge in [-0.3, -0.25) is 25.5 Å². The Morgan fingerprint density at radius 1 is 1.00 bits per heavy atom. The van der Waals surface area contributed by atoms with E-state index in [-0.39, 0.29) is 17.3 Å². The zero-order chi connectivity index (χ0) is 21.8. The first-order valence-corrected chi connectivity index (χ1v) is 8.91. The van der Waals surface area contributed by atoms with E-state index in [1.165, 1.54) is 30.5 Å². The number of hydrogen-bond acceptors (Lipinski definition) is 4. The minimum Gasteiger partial charge on any atom is -0.483 e. The van der Waals surface area contributed by atoms with Gasteiger partial charge in [0.05, 0.1) is 10.7 Å². The van der Waals surface area contributed by atoms with Crippen LogP contribution in [-0.2, 0) is 6.61 Å². The van der Waals surface area contributed by atoms with E-state index in [1.54, 1.807) is 0 Å². The van der Waals surface area contributed by atoms with Gasteiger partial charge >= 0.3 is 0 Å². The van der Waals surface area contributed by atoms with Crippen LogP contribution in [0.15, 0.2) is 41.0 Å². The fourth-order valence-corrected chi connectivity index (χ4v) is 2.64. The Morgan fingerprint density at radius 3 is 2.17 bits per heavy atom. The van der Waals surface area contributed by atoms with Gasteiger partial charge in [-0.1, -0.05) is 12.1 Å². The predicted molar refractivity (Wildman–Crippen MR) is 98.3 cm³/mol. The molecule has 3 rings (SSSR count). The summed E-state index contributed by atoms with van der Waals surface area (Å²) in [7, 11) is 0. The summed E-state index contributed by atoms with van der Waals surface area (Å²) in [6, 6.07) is 5.58. The Kier molecular flexibility index (Phi) is 6.35. The molecule has 12 heteroatoms. The molecule has 0 atom stereocenters. The van der Waals surface area contributed by atoms with Crippen LogP contribution in [0.4, 0.5) is 17.6 Å². The second-order valence-electron chi connectivity index (χ2n) is 5.78. The molecule has 3 N–H and O–H groups in total. The zero-order valence-corrected chi connectivity index (χ0v) is 16.3. The average Bonchev–Trinajstić information content (AvgIpc) is 3.16. The number of H-pyrrole nitrogens is 1. The Labute approximate surface area is 174 Å². The molecule has 30 heavy (non-hydrogen) atoms. The van der Waals surface area contributed by atoms with E-state index < -0.39 is 47.4 Å². The Morgan fingerprint density at radius 2 is 1.60 bits per heavy atom. The molecule has 1 heterocycles. The molecule has 0 bridgehead atoms. The van der Waals surface area contributed by atoms with Gasteiger partial charge in [0.1, 0.15) is 12.3 Å². The number of aromatic amines is 1. The molecule has 0 fully saturated rings. The van der Waals surface area contributed by atoms with Gasteiger partial charge in [-0.05, 0) is 33.6 Å². The number of hydrazine groups is 1. The van der Waals surface area contributed by atoms with Gasteiger partial charge in [0.25, 0.3) is 11.8 Å². The number of nitrogens with zero attached hydrogens (tertiary/aromatic N) is 1. The first kappa shape index (κ1) is 21.3. The molecule has 0 aliphatic heterocycles. The monoisotopic (exact) mass is 486 g/mol. The maximum Gasteiger partial charge on any atom is 0.288 e. The summed E-state index contributed by atoms with van der Waals surface area (Å²) in [5, 5.41) is 6.10. The van der Waals surface area contributed by atoms with Gasteiger partial charge in [0.15, 0.2) is 17.4 Å². The van der Waals surface area contributed by atoms with E-state index in [1.807, 2.05) is 0 Å². The standard InChI is InChI=1S/C18H11BrF4N4O3/c19-10-6-24-25-15(10)18(29)27-26-17(28)9-3-1-8(2-4-9)7-30-16-13(22)11(20)5-12(21)14(16)23/h1-6H,7H2,(H,24,25)(H,26,28)(H,27,29). The third kappa shape index (κ3) is 4.59. The number of benzene rings is 2. The lowest BCUT2D eigenvalue weighted by Gasteiger charge is -2.10. The zero-order valence-electron chi connectivity index (χ0n) is 14.7. The van der Waals surface area contributed by atoms with Crippen LogP contribution in [0.2, 0.25) is 0 Å². The van der Waals surface area contributed by atoms with Crippen LogP contribution in [0, 0.1) is 23.3 Å². The molecule has 0 radical (unpaired) electrons. The van der Waals surface area contributed by atoms with Gasteiger partial charge < -0.3 is 4.74 Å². The number of halogens is 5. The van der Waals surface area contributed by atoms with Gasteiger partial charge in [0, 0.05) is 11.6 Å². The quantitative estimate of drug-likeness (QED) is 0.292. The summed E-state index contributed by atoms with van der Waals surface area (Å²) in [5.74, 6) is -8.92. The van der Waals surface area contributed by atoms with Crippen LogP contribution >= 0.6 is 15.9 Å². The van der Waals surface area contributed by atoms with Crippen LogP contribution in [0.1, 0.15) is 26.4 Å². The van der Waals surface area contributed by atoms with Crippen molar-refractivity contribution in [1.82, 2.24) is 21.0 Å². The number of nitrogens with one attached hydrogen (secondary N) is 3. The van der Waals surface area contributed by atoms with E-state index in [2.05, 4.69) is 37.0 Å². The van der Waals surface area contributed by atoms with Crippen LogP contribution < -0.4 is 15.6 Å². The molecule has 3 aromatic rings. The molecule has 0 saturated heterocycles. The van der Waals surface area contributed by atoms with Crippen molar-refractivity contribution in [2.75, 3.05) is 0 Å². The molecule has 0 unspecified atom stereocenters. The number of hydrogen-bond donors (Lipinski definition) is 3. The summed E-state index contributed by atoms with van der Waals surface area (Å²) >= 11 is 3.11. The first-order chi connectivity index (χ1) is 14.3. The van der Waals surface area contributed by atoms with E-state index >= 15 is 0 Å². The van der Waals surface area contributed by atoms with Crippen LogP contribution in [0.25, 0.3) is 0 Å². The molecule has 0 saturated carbocycles. The van der Waals surface area contributed by atoms with Gasteiger partial charge in [-0.15, -0.1) is 0 Å². The molecule has 2 amide bonds. The lowest BCUT2D eigenvalue weighted by atomic mass is 10.1. The van der Waals surface area contributed by atoms with Crippen LogP contribution in [-0.4, -0.2) is 22.0 Å². The highest BCUT2D eigenvalue weighted by Gasteiger charge is 2.20. The largest absolute Gasteiger partial charge is 0.483 e. The summed E-state index contributed by atoms with van der Waals surface area (Å²) in [6.45, 7) is -0.413. The van der Waals surface area contributed by atoms with Crippen LogP contribution in [0.3, 0.4) is 0 Å². The van der Waals surface area contributed by atoms with Gasteiger partial charge in [-0.2, -0.15) is 13.9 Å². The molecular weight excluding hydrogens is 476 g/mol. The second-order valence-corrected chi connectivity index (χ2v) is 6.64. The molecule has 0 spiro atoms. The fourth-order valence-electron chi connectivity index (χ4n) is 2.26. The highest BCUT2D eigenvalue weighted by atomic mass is 79.9. The molecule has 7 nitrogen and oxygen atoms in total. The van der Waals surface area contributed by atoms with E-state index in [4.69, 9.17) is 4.74 Å². The molecule has 1 aromatic heterocycles. The highest BCUT2D eigenvalue weighted by Crippen LogP contribution is 2.27. The van der Waals surface area contributed by atoms with E-state index in [0.717, 1.165) is 0 Å². The lowest BCUT2D eigenvalue weighted by Crippen LogP contribution is -2.41. The third-order valence-corrected chi connectivity index (χ3v) is 4.38.